The minimum atomic E-state index is -0.807. The third-order valence-electron chi connectivity index (χ3n) is 4.23. The number of carbonyl (C=O) groups is 1. The zero-order valence-corrected chi connectivity index (χ0v) is 15.1. The normalized spacial score (nSPS) is 30.3. The van der Waals surface area contributed by atoms with E-state index in [9.17, 15) is 4.79 Å². The van der Waals surface area contributed by atoms with Crippen molar-refractivity contribution in [1.29, 1.82) is 0 Å². The minimum Gasteiger partial charge on any atom is -0.455 e. The molecule has 2 aromatic rings. The van der Waals surface area contributed by atoms with Gasteiger partial charge in [-0.15, -0.1) is 0 Å². The van der Waals surface area contributed by atoms with Gasteiger partial charge in [0.1, 0.15) is 17.7 Å². The molecular weight excluding hydrogens is 366 g/mol. The van der Waals surface area contributed by atoms with Crippen LogP contribution in [0.1, 0.15) is 27.0 Å². The number of hydrogen-bond acceptors (Lipinski definition) is 9. The van der Waals surface area contributed by atoms with E-state index in [1.54, 1.807) is 18.4 Å². The highest BCUT2D eigenvalue weighted by atomic mass is 35.5. The van der Waals surface area contributed by atoms with Crippen LogP contribution < -0.4 is 5.73 Å². The molecule has 0 unspecified atom stereocenters. The van der Waals surface area contributed by atoms with E-state index in [2.05, 4.69) is 15.0 Å². The summed E-state index contributed by atoms with van der Waals surface area (Å²) in [5.74, 6) is -1.27. The molecule has 140 valence electrons. The van der Waals surface area contributed by atoms with Crippen molar-refractivity contribution in [3.8, 4) is 0 Å². The van der Waals surface area contributed by atoms with Gasteiger partial charge in [-0.1, -0.05) is 11.6 Å². The fraction of sp³-hybridized carbons (Fsp3) is 0.600. The van der Waals surface area contributed by atoms with Gasteiger partial charge < -0.3 is 24.7 Å². The van der Waals surface area contributed by atoms with Crippen molar-refractivity contribution in [2.24, 2.45) is 0 Å². The summed E-state index contributed by atoms with van der Waals surface area (Å²) >= 11 is 6.08. The Morgan fingerprint density at radius 3 is 2.92 bits per heavy atom. The molecule has 0 aliphatic carbocycles. The van der Waals surface area contributed by atoms with Crippen molar-refractivity contribution in [3.05, 3.63) is 11.5 Å². The van der Waals surface area contributed by atoms with Gasteiger partial charge in [-0.3, -0.25) is 9.36 Å². The second kappa shape index (κ2) is 6.02. The zero-order chi connectivity index (χ0) is 18.6. The summed E-state index contributed by atoms with van der Waals surface area (Å²) in [4.78, 5) is 24.0. The number of carbonyl (C=O) groups excluding carboxylic acids is 1. The summed E-state index contributed by atoms with van der Waals surface area (Å²) < 4.78 is 24.8. The van der Waals surface area contributed by atoms with Crippen molar-refractivity contribution < 1.29 is 23.7 Å². The molecule has 2 aliphatic rings. The van der Waals surface area contributed by atoms with E-state index in [0.717, 1.165) is 0 Å². The van der Waals surface area contributed by atoms with Gasteiger partial charge in [0.2, 0.25) is 5.95 Å². The van der Waals surface area contributed by atoms with E-state index < -0.39 is 30.2 Å². The van der Waals surface area contributed by atoms with E-state index in [1.165, 1.54) is 13.3 Å². The Kier molecular flexibility index (Phi) is 4.03. The van der Waals surface area contributed by atoms with Crippen molar-refractivity contribution in [2.45, 2.75) is 51.1 Å². The Bertz CT molecular complexity index is 871. The van der Waals surface area contributed by atoms with Crippen molar-refractivity contribution >= 4 is 34.7 Å². The van der Waals surface area contributed by atoms with Gasteiger partial charge in [0.25, 0.3) is 0 Å². The third-order valence-corrected chi connectivity index (χ3v) is 4.49. The quantitative estimate of drug-likeness (QED) is 0.598. The molecule has 2 fully saturated rings. The van der Waals surface area contributed by atoms with E-state index >= 15 is 0 Å². The molecule has 0 amide bonds. The molecule has 0 bridgehead atoms. The number of nitrogen functional groups attached to an aromatic ring is 1. The summed E-state index contributed by atoms with van der Waals surface area (Å²) in [6, 6.07) is 0. The van der Waals surface area contributed by atoms with Crippen molar-refractivity contribution in [1.82, 2.24) is 19.5 Å². The van der Waals surface area contributed by atoms with Crippen LogP contribution in [0.15, 0.2) is 6.33 Å². The Labute approximate surface area is 153 Å². The maximum Gasteiger partial charge on any atom is 0.303 e. The Morgan fingerprint density at radius 1 is 1.42 bits per heavy atom. The van der Waals surface area contributed by atoms with Crippen LogP contribution >= 0.6 is 11.6 Å². The predicted molar refractivity (Wildman–Crippen MR) is 89.1 cm³/mol. The Hall–Kier alpha value is -2.01. The van der Waals surface area contributed by atoms with Gasteiger partial charge in [0, 0.05) is 6.92 Å². The molecule has 2 N–H and O–H groups in total. The third kappa shape index (κ3) is 2.88. The molecule has 0 spiro atoms. The van der Waals surface area contributed by atoms with Gasteiger partial charge in [-0.05, 0) is 13.8 Å². The molecule has 0 saturated carbocycles. The second-order valence-corrected chi connectivity index (χ2v) is 6.99. The van der Waals surface area contributed by atoms with Gasteiger partial charge in [-0.2, -0.15) is 9.97 Å². The van der Waals surface area contributed by atoms with E-state index in [4.69, 9.17) is 36.3 Å². The zero-order valence-electron chi connectivity index (χ0n) is 14.4. The summed E-state index contributed by atoms with van der Waals surface area (Å²) in [7, 11) is 0. The van der Waals surface area contributed by atoms with E-state index in [1.807, 2.05) is 0 Å². The molecule has 4 rings (SSSR count). The lowest BCUT2D eigenvalue weighted by Crippen LogP contribution is -2.51. The number of anilines is 1. The van der Waals surface area contributed by atoms with Gasteiger partial charge in [0.15, 0.2) is 28.9 Å². The number of imidazole rings is 1. The Morgan fingerprint density at radius 2 is 2.19 bits per heavy atom. The minimum absolute atomic E-state index is 0.00329. The van der Waals surface area contributed by atoms with Crippen molar-refractivity contribution in [2.75, 3.05) is 12.3 Å². The number of ether oxygens (including phenoxy) is 4. The van der Waals surface area contributed by atoms with Crippen LogP contribution in [0.2, 0.25) is 5.15 Å². The molecule has 11 heteroatoms. The van der Waals surface area contributed by atoms with Crippen LogP contribution in [0.3, 0.4) is 0 Å². The number of rotatable bonds is 2. The number of hydrogen-bond donors (Lipinski definition) is 1. The number of nitrogens with zero attached hydrogens (tertiary/aromatic N) is 4. The molecule has 4 heterocycles. The maximum absolute atomic E-state index is 11.7. The van der Waals surface area contributed by atoms with Crippen LogP contribution in [0.4, 0.5) is 5.95 Å². The van der Waals surface area contributed by atoms with Crippen LogP contribution in [0.5, 0.6) is 0 Å². The fourth-order valence-electron chi connectivity index (χ4n) is 3.36. The fourth-order valence-corrected chi connectivity index (χ4v) is 3.58. The smallest absolute Gasteiger partial charge is 0.303 e. The Balaban J connectivity index is 1.76. The molecule has 0 aromatic carbocycles. The lowest BCUT2D eigenvalue weighted by atomic mass is 10.0. The number of aromatic nitrogens is 4. The molecule has 0 radical (unpaired) electrons. The van der Waals surface area contributed by atoms with Crippen LogP contribution in [-0.2, 0) is 23.7 Å². The summed E-state index contributed by atoms with van der Waals surface area (Å²) in [5.41, 5.74) is 6.45. The molecular formula is C15H18ClN5O5. The first-order chi connectivity index (χ1) is 12.2. The first kappa shape index (κ1) is 17.4. The molecule has 4 atom stereocenters. The summed E-state index contributed by atoms with van der Waals surface area (Å²) in [5, 5.41) is 0.130. The molecule has 2 saturated heterocycles. The lowest BCUT2D eigenvalue weighted by molar-refractivity contribution is -0.204. The van der Waals surface area contributed by atoms with E-state index in [-0.39, 0.29) is 23.8 Å². The van der Waals surface area contributed by atoms with Gasteiger partial charge >= 0.3 is 5.97 Å². The lowest BCUT2D eigenvalue weighted by Gasteiger charge is -2.37. The highest BCUT2D eigenvalue weighted by Crippen LogP contribution is 2.39. The molecule has 26 heavy (non-hydrogen) atoms. The number of halogens is 1. The first-order valence-electron chi connectivity index (χ1n) is 8.05. The summed E-state index contributed by atoms with van der Waals surface area (Å²) in [6.45, 7) is 5.17. The molecule has 2 aromatic heterocycles. The van der Waals surface area contributed by atoms with Gasteiger partial charge in [-0.25, -0.2) is 4.98 Å². The molecule has 10 nitrogen and oxygen atoms in total. The van der Waals surface area contributed by atoms with Gasteiger partial charge in [0.05, 0.1) is 12.9 Å². The number of nitrogens with two attached hydrogens (primary N) is 1. The van der Waals surface area contributed by atoms with Crippen LogP contribution in [0, 0.1) is 0 Å². The second-order valence-electron chi connectivity index (χ2n) is 6.63. The highest BCUT2D eigenvalue weighted by molar-refractivity contribution is 6.33. The number of esters is 1. The SMILES string of the molecule is CC(=O)O[C@@H]1[C@H]2OC(C)(C)O[C@H]2CO[C@H]1n1cnc2c(Cl)nc(N)nc21. The molecule has 2 aliphatic heterocycles. The monoisotopic (exact) mass is 383 g/mol. The average molecular weight is 384 g/mol. The number of fused-ring (bicyclic) bond motifs is 2. The highest BCUT2D eigenvalue weighted by Gasteiger charge is 2.53. The van der Waals surface area contributed by atoms with Crippen molar-refractivity contribution in [3.63, 3.8) is 0 Å². The summed E-state index contributed by atoms with van der Waals surface area (Å²) in [6.07, 6.45) is -0.857. The van der Waals surface area contributed by atoms with Crippen LogP contribution in [0.25, 0.3) is 11.2 Å². The topological polar surface area (TPSA) is 124 Å². The van der Waals surface area contributed by atoms with E-state index in [0.29, 0.717) is 11.2 Å². The van der Waals surface area contributed by atoms with Crippen LogP contribution in [-0.4, -0.2) is 56.2 Å². The maximum atomic E-state index is 11.7. The predicted octanol–water partition coefficient (Wildman–Crippen LogP) is 1.04. The largest absolute Gasteiger partial charge is 0.455 e. The first-order valence-corrected chi connectivity index (χ1v) is 8.43. The average Bonchev–Trinajstić information content (AvgIpc) is 3.07. The standard InChI is InChI=1S/C15H18ClN5O5/c1-6(22)24-10-9-7(25-15(2,3)26-9)4-23-13(10)21-5-18-8-11(16)19-14(17)20-12(8)21/h5,7,9-10,13H,4H2,1-3H3,(H2,17,19,20)/t7-,9-,10+,13+/m0/s1.